The maximum Gasteiger partial charge on any atom is 0.219 e. The Morgan fingerprint density at radius 2 is 2.05 bits per heavy atom. The van der Waals surface area contributed by atoms with Crippen LogP contribution in [0.25, 0.3) is 5.57 Å². The van der Waals surface area contributed by atoms with Gasteiger partial charge in [0.1, 0.15) is 23.0 Å². The Balaban J connectivity index is 1.14. The minimum atomic E-state index is -3.25. The molecule has 1 aromatic carbocycles. The quantitative estimate of drug-likeness (QED) is 0.388. The molecule has 1 aliphatic carbocycles. The minimum absolute atomic E-state index is 0.0597. The van der Waals surface area contributed by atoms with Crippen LogP contribution in [0.1, 0.15) is 60.8 Å². The Morgan fingerprint density at radius 1 is 1.22 bits per heavy atom. The number of alkyl halides is 1. The third-order valence-corrected chi connectivity index (χ3v) is 10.9. The van der Waals surface area contributed by atoms with Gasteiger partial charge in [-0.15, -0.1) is 0 Å². The van der Waals surface area contributed by atoms with E-state index in [-0.39, 0.29) is 34.9 Å². The molecule has 5 N–H and O–H groups in total. The maximum atomic E-state index is 15.8. The average molecular weight is 531 g/mol. The molecule has 0 amide bonds. The van der Waals surface area contributed by atoms with E-state index < -0.39 is 16.2 Å². The number of hydrazine groups is 1. The van der Waals surface area contributed by atoms with E-state index in [0.717, 1.165) is 47.5 Å². The number of nitrogens with zero attached hydrogens (tertiary/aromatic N) is 2. The van der Waals surface area contributed by atoms with Crippen molar-refractivity contribution in [2.45, 2.75) is 62.0 Å². The van der Waals surface area contributed by atoms with Gasteiger partial charge in [0.15, 0.2) is 0 Å². The van der Waals surface area contributed by atoms with E-state index in [4.69, 9.17) is 0 Å². The number of halogens is 1. The summed E-state index contributed by atoms with van der Waals surface area (Å²) in [6.07, 6.45) is 5.69. The van der Waals surface area contributed by atoms with E-state index in [9.17, 15) is 13.5 Å². The number of fused-ring (bicyclic) bond motifs is 1. The number of hydrogen-bond acceptors (Lipinski definition) is 7. The summed E-state index contributed by atoms with van der Waals surface area (Å²) >= 11 is 0. The molecule has 11 heteroatoms. The van der Waals surface area contributed by atoms with Crippen molar-refractivity contribution in [1.29, 1.82) is 0 Å². The number of H-pyrrole nitrogens is 1. The van der Waals surface area contributed by atoms with Gasteiger partial charge >= 0.3 is 0 Å². The fourth-order valence-corrected chi connectivity index (χ4v) is 8.08. The number of benzene rings is 1. The molecule has 1 aromatic heterocycles. The molecule has 4 heterocycles. The molecule has 9 nitrogen and oxygen atoms in total. The smallest absolute Gasteiger partial charge is 0.219 e. The zero-order valence-corrected chi connectivity index (χ0v) is 21.8. The Bertz CT molecular complexity index is 1290. The summed E-state index contributed by atoms with van der Waals surface area (Å²) in [4.78, 5) is 8.06. The van der Waals surface area contributed by atoms with Gasteiger partial charge in [-0.3, -0.25) is 5.43 Å². The highest BCUT2D eigenvalue weighted by Gasteiger charge is 2.49. The van der Waals surface area contributed by atoms with E-state index in [2.05, 4.69) is 26.1 Å². The van der Waals surface area contributed by atoms with E-state index >= 15 is 4.39 Å². The fraction of sp³-hybridized carbons (Fsp3) is 0.577. The molecule has 3 aliphatic heterocycles. The molecular weight excluding hydrogens is 495 g/mol. The molecule has 37 heavy (non-hydrogen) atoms. The summed E-state index contributed by atoms with van der Waals surface area (Å²) in [5, 5.41) is 12.6. The van der Waals surface area contributed by atoms with Crippen LogP contribution in [0.5, 0.6) is 5.75 Å². The lowest BCUT2D eigenvalue weighted by atomic mass is 9.71. The molecule has 200 valence electrons. The lowest BCUT2D eigenvalue weighted by Gasteiger charge is -2.36. The van der Waals surface area contributed by atoms with Gasteiger partial charge in [-0.1, -0.05) is 19.1 Å². The predicted octanol–water partition coefficient (Wildman–Crippen LogP) is 2.12. The van der Waals surface area contributed by atoms with Crippen LogP contribution in [0.15, 0.2) is 30.5 Å². The summed E-state index contributed by atoms with van der Waals surface area (Å²) in [5.41, 5.74) is 10.4. The zero-order valence-electron chi connectivity index (χ0n) is 21.0. The van der Waals surface area contributed by atoms with Crippen LogP contribution in [-0.4, -0.2) is 71.4 Å². The topological polar surface area (TPSA) is 122 Å². The Labute approximate surface area is 217 Å². The number of rotatable bonds is 6. The summed E-state index contributed by atoms with van der Waals surface area (Å²) in [6, 6.07) is 4.82. The number of phenolic OH excluding ortho intramolecular Hbond substituents is 1. The van der Waals surface area contributed by atoms with Gasteiger partial charge in [0.25, 0.3) is 0 Å². The minimum Gasteiger partial charge on any atom is -0.508 e. The van der Waals surface area contributed by atoms with Crippen LogP contribution >= 0.6 is 0 Å². The third-order valence-electron chi connectivity index (χ3n) is 8.67. The standard InChI is InChI=1S/C26H35FN6O3S/c1-2-15-11-17(34)3-4-19(15)20-5-6-21-24(23(20)27)31-32-25(21)26-29-14-22(30-26)16-7-9-33(10-8-16)37(35,36)18-12-28-13-18/h3-4,7,11,14,18,20-21,23-25,28,31-32,34H,2,5-6,8-10,12-13H2,1H3,(H,29,30). The van der Waals surface area contributed by atoms with Gasteiger partial charge in [-0.2, -0.15) is 4.31 Å². The number of aromatic hydroxyl groups is 1. The molecule has 6 rings (SSSR count). The summed E-state index contributed by atoms with van der Waals surface area (Å²) in [6.45, 7) is 3.92. The molecule has 0 spiro atoms. The molecule has 4 aliphatic rings. The second-order valence-electron chi connectivity index (χ2n) is 10.7. The van der Waals surface area contributed by atoms with Gasteiger partial charge in [-0.05, 0) is 54.5 Å². The van der Waals surface area contributed by atoms with Crippen LogP contribution < -0.4 is 16.2 Å². The van der Waals surface area contributed by atoms with Gasteiger partial charge in [0.05, 0.1) is 24.0 Å². The molecule has 0 bridgehead atoms. The van der Waals surface area contributed by atoms with E-state index in [1.54, 1.807) is 22.6 Å². The van der Waals surface area contributed by atoms with Crippen molar-refractivity contribution in [2.75, 3.05) is 26.2 Å². The molecule has 5 unspecified atom stereocenters. The Hall–Kier alpha value is -2.31. The van der Waals surface area contributed by atoms with Gasteiger partial charge in [0, 0.05) is 38.0 Å². The first kappa shape index (κ1) is 25.0. The van der Waals surface area contributed by atoms with Crippen molar-refractivity contribution in [3.8, 4) is 5.75 Å². The molecule has 0 radical (unpaired) electrons. The molecule has 1 saturated carbocycles. The molecule has 2 aromatic rings. The largest absolute Gasteiger partial charge is 0.508 e. The number of hydrogen-bond donors (Lipinski definition) is 5. The highest BCUT2D eigenvalue weighted by atomic mass is 32.2. The maximum absolute atomic E-state index is 15.8. The number of phenols is 1. The monoisotopic (exact) mass is 530 g/mol. The first-order valence-corrected chi connectivity index (χ1v) is 14.8. The van der Waals surface area contributed by atoms with Gasteiger partial charge in [-0.25, -0.2) is 23.2 Å². The fourth-order valence-electron chi connectivity index (χ4n) is 6.38. The van der Waals surface area contributed by atoms with Crippen molar-refractivity contribution >= 4 is 15.6 Å². The van der Waals surface area contributed by atoms with Crippen LogP contribution in [-0.2, 0) is 16.4 Å². The normalized spacial score (nSPS) is 31.1. The van der Waals surface area contributed by atoms with Crippen molar-refractivity contribution in [3.05, 3.63) is 53.1 Å². The summed E-state index contributed by atoms with van der Waals surface area (Å²) in [7, 11) is -3.25. The molecule has 3 fully saturated rings. The summed E-state index contributed by atoms with van der Waals surface area (Å²) < 4.78 is 42.8. The average Bonchev–Trinajstić information content (AvgIpc) is 3.51. The number of aromatic nitrogens is 2. The highest BCUT2D eigenvalue weighted by molar-refractivity contribution is 7.89. The van der Waals surface area contributed by atoms with E-state index in [1.165, 1.54) is 0 Å². The van der Waals surface area contributed by atoms with Crippen molar-refractivity contribution in [3.63, 3.8) is 0 Å². The van der Waals surface area contributed by atoms with Crippen LogP contribution in [0.2, 0.25) is 0 Å². The number of nitrogens with one attached hydrogen (secondary N) is 4. The molecule has 5 atom stereocenters. The predicted molar refractivity (Wildman–Crippen MR) is 139 cm³/mol. The van der Waals surface area contributed by atoms with E-state index in [0.29, 0.717) is 32.6 Å². The highest BCUT2D eigenvalue weighted by Crippen LogP contribution is 2.45. The van der Waals surface area contributed by atoms with E-state index in [1.807, 2.05) is 19.1 Å². The second-order valence-corrected chi connectivity index (χ2v) is 12.9. The van der Waals surface area contributed by atoms with Crippen LogP contribution in [0.3, 0.4) is 0 Å². The second kappa shape index (κ2) is 9.77. The lowest BCUT2D eigenvalue weighted by molar-refractivity contribution is 0.135. The number of sulfonamides is 1. The lowest BCUT2D eigenvalue weighted by Crippen LogP contribution is -2.56. The SMILES string of the molecule is CCc1cc(O)ccc1C1CCC2C(c3ncc(C4=CCN(S(=O)(=O)C5CNC5)CC4)[nH]3)NNC2C1F. The van der Waals surface area contributed by atoms with Crippen LogP contribution in [0, 0.1) is 5.92 Å². The first-order valence-electron chi connectivity index (χ1n) is 13.3. The molecule has 2 saturated heterocycles. The number of aromatic amines is 1. The van der Waals surface area contributed by atoms with Gasteiger partial charge in [0.2, 0.25) is 10.0 Å². The number of imidazole rings is 1. The van der Waals surface area contributed by atoms with Crippen molar-refractivity contribution < 1.29 is 17.9 Å². The number of aryl methyl sites for hydroxylation is 1. The van der Waals surface area contributed by atoms with Gasteiger partial charge < -0.3 is 15.4 Å². The van der Waals surface area contributed by atoms with Crippen LogP contribution in [0.4, 0.5) is 4.39 Å². The Morgan fingerprint density at radius 3 is 2.76 bits per heavy atom. The zero-order chi connectivity index (χ0) is 25.7. The van der Waals surface area contributed by atoms with Crippen molar-refractivity contribution in [2.24, 2.45) is 5.92 Å². The Kier molecular flexibility index (Phi) is 6.60. The first-order chi connectivity index (χ1) is 17.9. The van der Waals surface area contributed by atoms with Crippen molar-refractivity contribution in [1.82, 2.24) is 30.4 Å². The third kappa shape index (κ3) is 4.40. The molecular formula is C26H35FN6O3S. The summed E-state index contributed by atoms with van der Waals surface area (Å²) in [5.74, 6) is 0.844.